The molecule has 0 aliphatic heterocycles. The number of ether oxygens (including phenoxy) is 2. The zero-order valence-electron chi connectivity index (χ0n) is 16.9. The van der Waals surface area contributed by atoms with Crippen molar-refractivity contribution >= 4 is 34.4 Å². The number of hydrogen-bond donors (Lipinski definition) is 0. The number of ketones is 1. The van der Waals surface area contributed by atoms with Crippen molar-refractivity contribution in [3.8, 4) is 5.75 Å². The van der Waals surface area contributed by atoms with Crippen LogP contribution in [0.4, 0.5) is 0 Å². The Balaban J connectivity index is 1.76. The van der Waals surface area contributed by atoms with Crippen LogP contribution < -0.4 is 9.47 Å². The van der Waals surface area contributed by atoms with Crippen LogP contribution >= 0.6 is 11.6 Å². The molecule has 1 aromatic heterocycles. The van der Waals surface area contributed by atoms with Gasteiger partial charge in [0.1, 0.15) is 17.9 Å². The minimum atomic E-state index is -0.631. The van der Waals surface area contributed by atoms with Crippen molar-refractivity contribution in [1.29, 1.82) is 0 Å². The van der Waals surface area contributed by atoms with Gasteiger partial charge in [0.05, 0.1) is 18.7 Å². The maximum atomic E-state index is 13.2. The average molecular weight is 449 g/mol. The van der Waals surface area contributed by atoms with Crippen LogP contribution in [-0.4, -0.2) is 23.8 Å². The number of esters is 1. The molecule has 32 heavy (non-hydrogen) atoms. The lowest BCUT2D eigenvalue weighted by molar-refractivity contribution is -0.580. The van der Waals surface area contributed by atoms with E-state index in [0.29, 0.717) is 26.6 Å². The number of aromatic nitrogens is 2. The zero-order chi connectivity index (χ0) is 22.7. The van der Waals surface area contributed by atoms with Crippen LogP contribution in [0.2, 0.25) is 5.02 Å². The Morgan fingerprint density at radius 1 is 1.00 bits per heavy atom. The van der Waals surface area contributed by atoms with E-state index in [-0.39, 0.29) is 29.1 Å². The van der Waals surface area contributed by atoms with Crippen molar-refractivity contribution in [2.24, 2.45) is 0 Å². The first-order valence-electron chi connectivity index (χ1n) is 9.60. The van der Waals surface area contributed by atoms with E-state index in [2.05, 4.69) is 4.98 Å². The third-order valence-electron chi connectivity index (χ3n) is 4.80. The lowest BCUT2D eigenvalue weighted by Gasteiger charge is -2.12. The van der Waals surface area contributed by atoms with Gasteiger partial charge < -0.3 is 14.7 Å². The number of benzene rings is 3. The van der Waals surface area contributed by atoms with Crippen LogP contribution in [0.5, 0.6) is 5.75 Å². The zero-order valence-corrected chi connectivity index (χ0v) is 17.7. The van der Waals surface area contributed by atoms with Crippen molar-refractivity contribution in [2.45, 2.75) is 6.61 Å². The van der Waals surface area contributed by atoms with Gasteiger partial charge in [0.2, 0.25) is 5.52 Å². The molecule has 4 aromatic rings. The first-order chi connectivity index (χ1) is 15.5. The van der Waals surface area contributed by atoms with E-state index in [1.165, 1.54) is 25.3 Å². The molecule has 0 spiro atoms. The molecule has 0 N–H and O–H groups in total. The number of nitrogens with zero attached hydrogens (tertiary/aromatic N) is 2. The smallest absolute Gasteiger partial charge is 0.338 e. The summed E-state index contributed by atoms with van der Waals surface area (Å²) in [5, 5.41) is 13.7. The predicted octanol–water partition coefficient (Wildman–Crippen LogP) is 4.12. The molecule has 160 valence electrons. The summed E-state index contributed by atoms with van der Waals surface area (Å²) in [5.41, 5.74) is 0.923. The van der Waals surface area contributed by atoms with Gasteiger partial charge in [-0.3, -0.25) is 4.79 Å². The van der Waals surface area contributed by atoms with Crippen LogP contribution in [0.1, 0.15) is 32.1 Å². The number of halogens is 1. The standard InChI is InChI=1S/C24H17ClN2O5/c1-31-18-11-12-19-21(13-18)27(30)22(23(28)15-5-3-2-4-6-15)20(26-19)14-32-24(29)16-7-9-17(25)10-8-16/h2-13H,14H2,1H3. The van der Waals surface area contributed by atoms with Gasteiger partial charge in [-0.2, -0.15) is 4.73 Å². The summed E-state index contributed by atoms with van der Waals surface area (Å²) in [4.78, 5) is 30.1. The quantitative estimate of drug-likeness (QED) is 0.191. The van der Waals surface area contributed by atoms with E-state index < -0.39 is 11.8 Å². The molecule has 7 nitrogen and oxygen atoms in total. The highest BCUT2D eigenvalue weighted by Gasteiger charge is 2.28. The van der Waals surface area contributed by atoms with Crippen molar-refractivity contribution in [2.75, 3.05) is 7.11 Å². The maximum absolute atomic E-state index is 13.2. The SMILES string of the molecule is COc1ccc2nc(COC(=O)c3ccc(Cl)cc3)c(C(=O)c3ccccc3)[n+]([O-])c2c1. The second kappa shape index (κ2) is 9.03. The highest BCUT2D eigenvalue weighted by atomic mass is 35.5. The van der Waals surface area contributed by atoms with Gasteiger partial charge in [-0.05, 0) is 36.4 Å². The summed E-state index contributed by atoms with van der Waals surface area (Å²) in [5.74, 6) is -0.715. The molecule has 0 saturated carbocycles. The molecule has 0 aliphatic rings. The molecule has 8 heteroatoms. The van der Waals surface area contributed by atoms with Crippen LogP contribution in [-0.2, 0) is 11.3 Å². The fourth-order valence-corrected chi connectivity index (χ4v) is 3.30. The molecule has 0 fully saturated rings. The van der Waals surface area contributed by atoms with E-state index in [4.69, 9.17) is 21.1 Å². The average Bonchev–Trinajstić information content (AvgIpc) is 2.83. The van der Waals surface area contributed by atoms with Gasteiger partial charge in [-0.25, -0.2) is 9.78 Å². The lowest BCUT2D eigenvalue weighted by atomic mass is 10.1. The fourth-order valence-electron chi connectivity index (χ4n) is 3.18. The molecule has 0 amide bonds. The Kier molecular flexibility index (Phi) is 6.00. The minimum Gasteiger partial charge on any atom is -0.618 e. The molecule has 0 saturated heterocycles. The van der Waals surface area contributed by atoms with Gasteiger partial charge in [0.15, 0.2) is 5.69 Å². The van der Waals surface area contributed by atoms with Crippen LogP contribution in [0.15, 0.2) is 72.8 Å². The van der Waals surface area contributed by atoms with Crippen LogP contribution in [0, 0.1) is 5.21 Å². The number of carbonyl (C=O) groups is 2. The molecular weight excluding hydrogens is 432 g/mol. The maximum Gasteiger partial charge on any atom is 0.338 e. The van der Waals surface area contributed by atoms with Gasteiger partial charge >= 0.3 is 5.97 Å². The Hall–Kier alpha value is -3.97. The summed E-state index contributed by atoms with van der Waals surface area (Å²) < 4.78 is 11.0. The highest BCUT2D eigenvalue weighted by molar-refractivity contribution is 6.30. The second-order valence-electron chi connectivity index (χ2n) is 6.83. The molecule has 0 atom stereocenters. The third kappa shape index (κ3) is 4.24. The first kappa shape index (κ1) is 21.3. The normalized spacial score (nSPS) is 10.7. The number of hydrogen-bond acceptors (Lipinski definition) is 6. The van der Waals surface area contributed by atoms with E-state index in [0.717, 1.165) is 0 Å². The van der Waals surface area contributed by atoms with Gasteiger partial charge in [0, 0.05) is 10.6 Å². The highest BCUT2D eigenvalue weighted by Crippen LogP contribution is 2.21. The molecule has 4 rings (SSSR count). The Morgan fingerprint density at radius 3 is 2.41 bits per heavy atom. The molecule has 3 aromatic carbocycles. The van der Waals surface area contributed by atoms with E-state index in [1.807, 2.05) is 0 Å². The van der Waals surface area contributed by atoms with Crippen molar-refractivity contribution in [3.05, 3.63) is 106 Å². The van der Waals surface area contributed by atoms with Gasteiger partial charge in [0.25, 0.3) is 11.5 Å². The van der Waals surface area contributed by atoms with E-state index in [1.54, 1.807) is 54.6 Å². The molecule has 0 radical (unpaired) electrons. The topological polar surface area (TPSA) is 92.4 Å². The largest absolute Gasteiger partial charge is 0.618 e. The minimum absolute atomic E-state index is 0.0498. The van der Waals surface area contributed by atoms with Gasteiger partial charge in [-0.1, -0.05) is 41.9 Å². The Labute approximate surface area is 188 Å². The van der Waals surface area contributed by atoms with Crippen LogP contribution in [0.25, 0.3) is 11.0 Å². The summed E-state index contributed by atoms with van der Waals surface area (Å²) in [7, 11) is 1.48. The van der Waals surface area contributed by atoms with E-state index >= 15 is 0 Å². The number of rotatable bonds is 6. The monoisotopic (exact) mass is 448 g/mol. The molecular formula is C24H17ClN2O5. The number of carbonyl (C=O) groups excluding carboxylic acids is 2. The summed E-state index contributed by atoms with van der Waals surface area (Å²) >= 11 is 5.85. The van der Waals surface area contributed by atoms with Crippen LogP contribution in [0.3, 0.4) is 0 Å². The predicted molar refractivity (Wildman–Crippen MR) is 118 cm³/mol. The van der Waals surface area contributed by atoms with Crippen molar-refractivity contribution in [1.82, 2.24) is 4.98 Å². The van der Waals surface area contributed by atoms with E-state index in [9.17, 15) is 14.8 Å². The fraction of sp³-hybridized carbons (Fsp3) is 0.0833. The number of methoxy groups -OCH3 is 1. The third-order valence-corrected chi connectivity index (χ3v) is 5.06. The Bertz CT molecular complexity index is 1310. The Morgan fingerprint density at radius 2 is 1.72 bits per heavy atom. The van der Waals surface area contributed by atoms with Gasteiger partial charge in [-0.15, -0.1) is 0 Å². The molecule has 0 bridgehead atoms. The summed E-state index contributed by atoms with van der Waals surface area (Å²) in [6.07, 6.45) is 0. The van der Waals surface area contributed by atoms with Crippen molar-refractivity contribution in [3.63, 3.8) is 0 Å². The lowest BCUT2D eigenvalue weighted by Crippen LogP contribution is -2.38. The van der Waals surface area contributed by atoms with Crippen molar-refractivity contribution < 1.29 is 23.8 Å². The molecule has 1 heterocycles. The number of fused-ring (bicyclic) bond motifs is 1. The summed E-state index contributed by atoms with van der Waals surface area (Å²) in [6, 6.07) is 19.3. The molecule has 0 unspecified atom stereocenters. The summed E-state index contributed by atoms with van der Waals surface area (Å²) in [6.45, 7) is -0.362. The molecule has 0 aliphatic carbocycles. The second-order valence-corrected chi connectivity index (χ2v) is 7.27. The first-order valence-corrected chi connectivity index (χ1v) is 9.98.